The molecule has 0 saturated carbocycles. The first-order valence-electron chi connectivity index (χ1n) is 5.26. The Bertz CT molecular complexity index is 315. The van der Waals surface area contributed by atoms with Gasteiger partial charge in [-0.15, -0.1) is 0 Å². The predicted molar refractivity (Wildman–Crippen MR) is 64.0 cm³/mol. The number of para-hydroxylation sites is 1. The summed E-state index contributed by atoms with van der Waals surface area (Å²) in [7, 11) is 0. The first-order valence-corrected chi connectivity index (χ1v) is 5.64. The molecule has 1 atom stereocenters. The van der Waals surface area contributed by atoms with Crippen molar-refractivity contribution < 1.29 is 14.6 Å². The maximum absolute atomic E-state index is 9.56. The topological polar surface area (TPSA) is 38.7 Å². The predicted octanol–water partition coefficient (Wildman–Crippen LogP) is 2.50. The van der Waals surface area contributed by atoms with Crippen molar-refractivity contribution in [3.8, 4) is 5.75 Å². The second-order valence-electron chi connectivity index (χ2n) is 3.78. The number of ether oxygens (including phenoxy) is 2. The molecule has 0 fully saturated rings. The third-order valence-corrected chi connectivity index (χ3v) is 2.20. The fraction of sp³-hybridized carbons (Fsp3) is 0.500. The van der Waals surface area contributed by atoms with Crippen LogP contribution < -0.4 is 4.74 Å². The molecule has 0 aliphatic heterocycles. The lowest BCUT2D eigenvalue weighted by Gasteiger charge is -2.14. The van der Waals surface area contributed by atoms with E-state index in [2.05, 4.69) is 0 Å². The van der Waals surface area contributed by atoms with Crippen molar-refractivity contribution in [3.05, 3.63) is 29.3 Å². The molecular weight excluding hydrogens is 228 g/mol. The van der Waals surface area contributed by atoms with E-state index in [0.29, 0.717) is 10.8 Å². The van der Waals surface area contributed by atoms with Gasteiger partial charge in [-0.2, -0.15) is 0 Å². The lowest BCUT2D eigenvalue weighted by Crippen LogP contribution is -2.25. The number of rotatable bonds is 6. The van der Waals surface area contributed by atoms with Crippen LogP contribution in [0.5, 0.6) is 5.75 Å². The van der Waals surface area contributed by atoms with E-state index in [1.165, 1.54) is 0 Å². The van der Waals surface area contributed by atoms with Gasteiger partial charge in [0.2, 0.25) is 0 Å². The highest BCUT2D eigenvalue weighted by Crippen LogP contribution is 2.23. The Morgan fingerprint density at radius 2 is 1.94 bits per heavy atom. The highest BCUT2D eigenvalue weighted by atomic mass is 35.5. The first-order chi connectivity index (χ1) is 7.59. The van der Waals surface area contributed by atoms with E-state index >= 15 is 0 Å². The maximum atomic E-state index is 9.56. The SMILES string of the molecule is CC(C)OC[C@H](O)COc1ccccc1Cl. The molecule has 0 radical (unpaired) electrons. The number of halogens is 1. The monoisotopic (exact) mass is 244 g/mol. The molecule has 16 heavy (non-hydrogen) atoms. The molecule has 0 aliphatic rings. The minimum absolute atomic E-state index is 0.106. The minimum atomic E-state index is -0.640. The summed E-state index contributed by atoms with van der Waals surface area (Å²) < 4.78 is 10.6. The molecule has 3 nitrogen and oxygen atoms in total. The van der Waals surface area contributed by atoms with Gasteiger partial charge in [0.25, 0.3) is 0 Å². The van der Waals surface area contributed by atoms with E-state index in [-0.39, 0.29) is 19.3 Å². The van der Waals surface area contributed by atoms with Crippen LogP contribution in [0.2, 0.25) is 5.02 Å². The first kappa shape index (κ1) is 13.3. The van der Waals surface area contributed by atoms with E-state index in [1.54, 1.807) is 12.1 Å². The summed E-state index contributed by atoms with van der Waals surface area (Å²) in [6, 6.07) is 7.16. The molecule has 0 aromatic heterocycles. The quantitative estimate of drug-likeness (QED) is 0.836. The minimum Gasteiger partial charge on any atom is -0.489 e. The summed E-state index contributed by atoms with van der Waals surface area (Å²) >= 11 is 5.90. The summed E-state index contributed by atoms with van der Waals surface area (Å²) in [6.07, 6.45) is -0.534. The summed E-state index contributed by atoms with van der Waals surface area (Å²) in [5.74, 6) is 0.577. The third kappa shape index (κ3) is 4.84. The van der Waals surface area contributed by atoms with Gasteiger partial charge in [-0.1, -0.05) is 23.7 Å². The molecule has 0 unspecified atom stereocenters. The zero-order valence-electron chi connectivity index (χ0n) is 9.52. The molecule has 0 saturated heterocycles. The van der Waals surface area contributed by atoms with Crippen LogP contribution in [-0.4, -0.2) is 30.5 Å². The van der Waals surface area contributed by atoms with Gasteiger partial charge >= 0.3 is 0 Å². The van der Waals surface area contributed by atoms with Gasteiger partial charge in [-0.25, -0.2) is 0 Å². The third-order valence-electron chi connectivity index (χ3n) is 1.89. The van der Waals surface area contributed by atoms with Crippen molar-refractivity contribution in [2.24, 2.45) is 0 Å². The van der Waals surface area contributed by atoms with Crippen LogP contribution in [0.4, 0.5) is 0 Å². The van der Waals surface area contributed by atoms with Gasteiger partial charge in [-0.05, 0) is 26.0 Å². The average Bonchev–Trinajstić information content (AvgIpc) is 2.25. The van der Waals surface area contributed by atoms with Crippen LogP contribution >= 0.6 is 11.6 Å². The fourth-order valence-corrected chi connectivity index (χ4v) is 1.29. The number of hydrogen-bond donors (Lipinski definition) is 1. The average molecular weight is 245 g/mol. The van der Waals surface area contributed by atoms with E-state index in [9.17, 15) is 5.11 Å². The summed E-state index contributed by atoms with van der Waals surface area (Å²) in [5, 5.41) is 10.1. The summed E-state index contributed by atoms with van der Waals surface area (Å²) in [4.78, 5) is 0. The highest BCUT2D eigenvalue weighted by Gasteiger charge is 2.08. The zero-order chi connectivity index (χ0) is 12.0. The van der Waals surface area contributed by atoms with Crippen LogP contribution in [0.15, 0.2) is 24.3 Å². The molecule has 0 bridgehead atoms. The molecule has 4 heteroatoms. The molecule has 0 aliphatic carbocycles. The lowest BCUT2D eigenvalue weighted by atomic mass is 10.3. The van der Waals surface area contributed by atoms with E-state index in [0.717, 1.165) is 0 Å². The van der Waals surface area contributed by atoms with Gasteiger partial charge in [0.1, 0.15) is 18.5 Å². The summed E-state index contributed by atoms with van der Waals surface area (Å²) in [6.45, 7) is 4.28. The smallest absolute Gasteiger partial charge is 0.138 e. The Morgan fingerprint density at radius 1 is 1.25 bits per heavy atom. The normalized spacial score (nSPS) is 12.8. The number of aliphatic hydroxyl groups is 1. The van der Waals surface area contributed by atoms with E-state index in [1.807, 2.05) is 26.0 Å². The van der Waals surface area contributed by atoms with Gasteiger partial charge in [-0.3, -0.25) is 0 Å². The molecule has 1 N–H and O–H groups in total. The van der Waals surface area contributed by atoms with Crippen molar-refractivity contribution in [3.63, 3.8) is 0 Å². The Kier molecular flexibility index (Phi) is 5.60. The highest BCUT2D eigenvalue weighted by molar-refractivity contribution is 6.32. The molecule has 1 rings (SSSR count). The van der Waals surface area contributed by atoms with Crippen molar-refractivity contribution in [2.75, 3.05) is 13.2 Å². The van der Waals surface area contributed by atoms with Crippen LogP contribution in [0.25, 0.3) is 0 Å². The van der Waals surface area contributed by atoms with Crippen molar-refractivity contribution >= 4 is 11.6 Å². The second kappa shape index (κ2) is 6.74. The Labute approximate surface area is 101 Å². The van der Waals surface area contributed by atoms with Gasteiger partial charge < -0.3 is 14.6 Å². The maximum Gasteiger partial charge on any atom is 0.138 e. The zero-order valence-corrected chi connectivity index (χ0v) is 10.3. The van der Waals surface area contributed by atoms with Crippen molar-refractivity contribution in [1.82, 2.24) is 0 Å². The van der Waals surface area contributed by atoms with Crippen LogP contribution in [0, 0.1) is 0 Å². The van der Waals surface area contributed by atoms with Gasteiger partial charge in [0, 0.05) is 0 Å². The van der Waals surface area contributed by atoms with E-state index < -0.39 is 6.10 Å². The standard InChI is InChI=1S/C12H17ClO3/c1-9(2)15-7-10(14)8-16-12-6-4-3-5-11(12)13/h3-6,9-10,14H,7-8H2,1-2H3/t10-/m0/s1. The number of hydrogen-bond acceptors (Lipinski definition) is 3. The summed E-state index contributed by atoms with van der Waals surface area (Å²) in [5.41, 5.74) is 0. The van der Waals surface area contributed by atoms with Crippen molar-refractivity contribution in [1.29, 1.82) is 0 Å². The van der Waals surface area contributed by atoms with Gasteiger partial charge in [0.15, 0.2) is 0 Å². The van der Waals surface area contributed by atoms with Crippen LogP contribution in [0.3, 0.4) is 0 Å². The largest absolute Gasteiger partial charge is 0.489 e. The molecular formula is C12H17ClO3. The molecule has 0 amide bonds. The number of aliphatic hydroxyl groups excluding tert-OH is 1. The van der Waals surface area contributed by atoms with E-state index in [4.69, 9.17) is 21.1 Å². The molecule has 0 spiro atoms. The van der Waals surface area contributed by atoms with Crippen molar-refractivity contribution in [2.45, 2.75) is 26.1 Å². The molecule has 1 aromatic rings. The van der Waals surface area contributed by atoms with Gasteiger partial charge in [0.05, 0.1) is 17.7 Å². The molecule has 0 heterocycles. The number of benzene rings is 1. The Morgan fingerprint density at radius 3 is 2.56 bits per heavy atom. The molecule has 90 valence electrons. The lowest BCUT2D eigenvalue weighted by molar-refractivity contribution is -0.0122. The van der Waals surface area contributed by atoms with Crippen LogP contribution in [-0.2, 0) is 4.74 Å². The molecule has 1 aromatic carbocycles. The van der Waals surface area contributed by atoms with Crippen LogP contribution in [0.1, 0.15) is 13.8 Å². The fourth-order valence-electron chi connectivity index (χ4n) is 1.10. The Balaban J connectivity index is 2.31. The Hall–Kier alpha value is -0.770. The second-order valence-corrected chi connectivity index (χ2v) is 4.18.